The van der Waals surface area contributed by atoms with Gasteiger partial charge in [-0.2, -0.15) is 0 Å². The van der Waals surface area contributed by atoms with Crippen LogP contribution in [0.3, 0.4) is 0 Å². The molecule has 3 aromatic rings. The Labute approximate surface area is 182 Å². The van der Waals surface area contributed by atoms with Gasteiger partial charge in [-0.3, -0.25) is 19.0 Å². The minimum atomic E-state index is -0.563. The average molecular weight is 444 g/mol. The van der Waals surface area contributed by atoms with Gasteiger partial charge in [-0.15, -0.1) is 0 Å². The van der Waals surface area contributed by atoms with E-state index in [1.807, 2.05) is 0 Å². The van der Waals surface area contributed by atoms with Gasteiger partial charge in [-0.1, -0.05) is 36.0 Å². The van der Waals surface area contributed by atoms with Gasteiger partial charge in [0, 0.05) is 13.0 Å². The van der Waals surface area contributed by atoms with Crippen LogP contribution in [0.2, 0.25) is 0 Å². The summed E-state index contributed by atoms with van der Waals surface area (Å²) in [6, 6.07) is 12.7. The fraction of sp³-hybridized carbons (Fsp3) is 0.273. The average Bonchev–Trinajstić information content (AvgIpc) is 2.76. The molecule has 0 spiro atoms. The molecule has 1 heterocycles. The number of rotatable bonds is 9. The first kappa shape index (κ1) is 22.5. The van der Waals surface area contributed by atoms with E-state index >= 15 is 0 Å². The summed E-state index contributed by atoms with van der Waals surface area (Å²) in [4.78, 5) is 41.1. The third kappa shape index (κ3) is 5.69. The smallest absolute Gasteiger partial charge is 0.305 e. The van der Waals surface area contributed by atoms with Gasteiger partial charge < -0.3 is 10.1 Å². The minimum Gasteiger partial charge on any atom is -0.466 e. The Bertz CT molecular complexity index is 1150. The number of halogens is 1. The molecular formula is C22H22FN3O4S. The lowest BCUT2D eigenvalue weighted by molar-refractivity contribution is -0.143. The zero-order chi connectivity index (χ0) is 22.2. The third-order valence-electron chi connectivity index (χ3n) is 4.36. The van der Waals surface area contributed by atoms with Gasteiger partial charge in [-0.25, -0.2) is 9.37 Å². The van der Waals surface area contributed by atoms with E-state index in [4.69, 9.17) is 4.74 Å². The first-order valence-electron chi connectivity index (χ1n) is 9.83. The van der Waals surface area contributed by atoms with Crippen LogP contribution in [-0.4, -0.2) is 40.3 Å². The van der Waals surface area contributed by atoms with Crippen molar-refractivity contribution < 1.29 is 18.7 Å². The Balaban J connectivity index is 1.76. The molecule has 0 unspecified atom stereocenters. The number of hydrogen-bond acceptors (Lipinski definition) is 6. The molecule has 0 atom stereocenters. The largest absolute Gasteiger partial charge is 0.466 e. The van der Waals surface area contributed by atoms with E-state index in [2.05, 4.69) is 10.3 Å². The number of ether oxygens (including phenoxy) is 1. The number of carbonyl (C=O) groups excluding carboxylic acids is 2. The lowest BCUT2D eigenvalue weighted by Gasteiger charge is -2.13. The number of thioether (sulfide) groups is 1. The highest BCUT2D eigenvalue weighted by Gasteiger charge is 2.17. The van der Waals surface area contributed by atoms with Crippen LogP contribution in [0, 0.1) is 5.82 Å². The Morgan fingerprint density at radius 3 is 2.68 bits per heavy atom. The molecule has 0 saturated heterocycles. The molecule has 0 radical (unpaired) electrons. The summed E-state index contributed by atoms with van der Waals surface area (Å²) in [7, 11) is 0. The fourth-order valence-corrected chi connectivity index (χ4v) is 3.77. The number of benzene rings is 2. The van der Waals surface area contributed by atoms with E-state index in [1.54, 1.807) is 37.3 Å². The van der Waals surface area contributed by atoms with Crippen molar-refractivity contribution in [2.75, 3.05) is 18.9 Å². The zero-order valence-corrected chi connectivity index (χ0v) is 17.8. The molecule has 0 aliphatic carbocycles. The van der Waals surface area contributed by atoms with Gasteiger partial charge in [0.25, 0.3) is 5.56 Å². The molecule has 0 fully saturated rings. The number of aromatic nitrogens is 2. The van der Waals surface area contributed by atoms with Crippen molar-refractivity contribution in [2.24, 2.45) is 0 Å². The third-order valence-corrected chi connectivity index (χ3v) is 5.29. The molecule has 0 aliphatic heterocycles. The van der Waals surface area contributed by atoms with Crippen LogP contribution in [0.15, 0.2) is 58.5 Å². The lowest BCUT2D eigenvalue weighted by atomic mass is 10.2. The summed E-state index contributed by atoms with van der Waals surface area (Å²) >= 11 is 1.04. The summed E-state index contributed by atoms with van der Waals surface area (Å²) < 4.78 is 20.5. The predicted octanol–water partition coefficient (Wildman–Crippen LogP) is 3.08. The Morgan fingerprint density at radius 1 is 1.16 bits per heavy atom. The van der Waals surface area contributed by atoms with E-state index in [-0.39, 0.29) is 34.9 Å². The van der Waals surface area contributed by atoms with E-state index in [9.17, 15) is 18.8 Å². The van der Waals surface area contributed by atoms with E-state index in [0.717, 1.165) is 11.8 Å². The van der Waals surface area contributed by atoms with Crippen LogP contribution in [0.1, 0.15) is 19.8 Å². The second kappa shape index (κ2) is 10.7. The van der Waals surface area contributed by atoms with E-state index in [0.29, 0.717) is 30.5 Å². The molecule has 2 aromatic carbocycles. The number of hydrogen-bond donors (Lipinski definition) is 1. The number of para-hydroxylation sites is 2. The number of fused-ring (bicyclic) bond motifs is 1. The van der Waals surface area contributed by atoms with Crippen molar-refractivity contribution in [3.63, 3.8) is 0 Å². The summed E-state index contributed by atoms with van der Waals surface area (Å²) in [5, 5.41) is 3.29. The molecule has 7 nitrogen and oxygen atoms in total. The van der Waals surface area contributed by atoms with Crippen LogP contribution < -0.4 is 10.9 Å². The molecular weight excluding hydrogens is 421 g/mol. The normalized spacial score (nSPS) is 10.8. The highest BCUT2D eigenvalue weighted by molar-refractivity contribution is 7.99. The molecule has 31 heavy (non-hydrogen) atoms. The van der Waals surface area contributed by atoms with Crippen LogP contribution in [0.4, 0.5) is 4.39 Å². The maximum Gasteiger partial charge on any atom is 0.305 e. The molecule has 0 bridgehead atoms. The number of nitrogens with one attached hydrogen (secondary N) is 1. The number of nitrogens with zero attached hydrogens (tertiary/aromatic N) is 2. The summed E-state index contributed by atoms with van der Waals surface area (Å²) in [6.07, 6.45) is 0.684. The van der Waals surface area contributed by atoms with Crippen molar-refractivity contribution in [1.82, 2.24) is 14.9 Å². The lowest BCUT2D eigenvalue weighted by Crippen LogP contribution is -2.28. The van der Waals surface area contributed by atoms with Gasteiger partial charge in [0.1, 0.15) is 5.82 Å². The van der Waals surface area contributed by atoms with Crippen molar-refractivity contribution in [1.29, 1.82) is 0 Å². The summed E-state index contributed by atoms with van der Waals surface area (Å²) in [5.41, 5.74) is 0.133. The monoisotopic (exact) mass is 443 g/mol. The van der Waals surface area contributed by atoms with Crippen molar-refractivity contribution in [3.05, 3.63) is 64.7 Å². The van der Waals surface area contributed by atoms with Crippen LogP contribution in [0.5, 0.6) is 0 Å². The van der Waals surface area contributed by atoms with Crippen LogP contribution >= 0.6 is 11.8 Å². The van der Waals surface area contributed by atoms with Crippen molar-refractivity contribution in [3.8, 4) is 5.69 Å². The second-order valence-corrected chi connectivity index (χ2v) is 7.49. The highest BCUT2D eigenvalue weighted by atomic mass is 32.2. The van der Waals surface area contributed by atoms with Crippen LogP contribution in [0.25, 0.3) is 16.6 Å². The molecule has 0 aliphatic rings. The molecule has 9 heteroatoms. The standard InChI is InChI=1S/C22H22FN3O4S/c1-2-30-20(28)12-7-13-24-19(27)14-31-22-25-17-10-5-3-8-15(17)21(29)26(22)18-11-6-4-9-16(18)23/h3-6,8-11H,2,7,12-14H2,1H3,(H,24,27). The van der Waals surface area contributed by atoms with E-state index in [1.165, 1.54) is 22.8 Å². The maximum atomic E-state index is 14.4. The highest BCUT2D eigenvalue weighted by Crippen LogP contribution is 2.22. The van der Waals surface area contributed by atoms with Gasteiger partial charge in [-0.05, 0) is 37.6 Å². The summed E-state index contributed by atoms with van der Waals surface area (Å²) in [5.74, 6) is -1.16. The maximum absolute atomic E-state index is 14.4. The molecule has 1 aromatic heterocycles. The first-order chi connectivity index (χ1) is 15.0. The molecule has 1 amide bonds. The topological polar surface area (TPSA) is 90.3 Å². The molecule has 162 valence electrons. The first-order valence-corrected chi connectivity index (χ1v) is 10.8. The van der Waals surface area contributed by atoms with Crippen molar-refractivity contribution in [2.45, 2.75) is 24.9 Å². The molecule has 3 rings (SSSR count). The number of esters is 1. The fourth-order valence-electron chi connectivity index (χ4n) is 2.93. The summed E-state index contributed by atoms with van der Waals surface area (Å²) in [6.45, 7) is 2.38. The molecule has 1 N–H and O–H groups in total. The minimum absolute atomic E-state index is 0.0152. The number of carbonyl (C=O) groups is 2. The van der Waals surface area contributed by atoms with Gasteiger partial charge in [0.05, 0.1) is 29.0 Å². The van der Waals surface area contributed by atoms with Gasteiger partial charge in [0.2, 0.25) is 5.91 Å². The second-order valence-electron chi connectivity index (χ2n) is 6.55. The Hall–Kier alpha value is -3.20. The van der Waals surface area contributed by atoms with Crippen molar-refractivity contribution >= 4 is 34.5 Å². The Morgan fingerprint density at radius 2 is 1.90 bits per heavy atom. The quantitative estimate of drug-likeness (QED) is 0.237. The Kier molecular flexibility index (Phi) is 7.77. The van der Waals surface area contributed by atoms with Gasteiger partial charge >= 0.3 is 5.97 Å². The predicted molar refractivity (Wildman–Crippen MR) is 117 cm³/mol. The SMILES string of the molecule is CCOC(=O)CCCNC(=O)CSc1nc2ccccc2c(=O)n1-c1ccccc1F. The van der Waals surface area contributed by atoms with Gasteiger partial charge in [0.15, 0.2) is 5.16 Å². The zero-order valence-electron chi connectivity index (χ0n) is 17.0. The van der Waals surface area contributed by atoms with Crippen LogP contribution in [-0.2, 0) is 14.3 Å². The van der Waals surface area contributed by atoms with E-state index < -0.39 is 11.4 Å². The molecule has 0 saturated carbocycles. The number of amides is 1.